The van der Waals surface area contributed by atoms with Crippen molar-refractivity contribution in [3.63, 3.8) is 0 Å². The summed E-state index contributed by atoms with van der Waals surface area (Å²) in [5, 5.41) is 12.3. The number of hydrogen-bond acceptors (Lipinski definition) is 4. The summed E-state index contributed by atoms with van der Waals surface area (Å²) < 4.78 is 2.02. The molecule has 0 saturated heterocycles. The van der Waals surface area contributed by atoms with Gasteiger partial charge in [0.05, 0.1) is 0 Å². The van der Waals surface area contributed by atoms with Crippen LogP contribution in [0.3, 0.4) is 0 Å². The molecule has 19 heavy (non-hydrogen) atoms. The van der Waals surface area contributed by atoms with Gasteiger partial charge in [-0.15, -0.1) is 0 Å². The molecule has 2 heterocycles. The van der Waals surface area contributed by atoms with Crippen molar-refractivity contribution in [2.75, 3.05) is 6.54 Å². The first-order chi connectivity index (χ1) is 9.26. The lowest BCUT2D eigenvalue weighted by Gasteiger charge is -2.18. The van der Waals surface area contributed by atoms with E-state index in [1.807, 2.05) is 4.68 Å². The third-order valence-corrected chi connectivity index (χ3v) is 4.12. The highest BCUT2D eigenvalue weighted by Crippen LogP contribution is 2.24. The molecule has 0 bridgehead atoms. The van der Waals surface area contributed by atoms with Crippen molar-refractivity contribution in [1.82, 2.24) is 20.1 Å². The predicted molar refractivity (Wildman–Crippen MR) is 79.5 cm³/mol. The summed E-state index contributed by atoms with van der Waals surface area (Å²) in [6.07, 6.45) is 3.64. The molecule has 2 aromatic heterocycles. The zero-order valence-electron chi connectivity index (χ0n) is 11.9. The van der Waals surface area contributed by atoms with Crippen LogP contribution in [0.1, 0.15) is 43.3 Å². The Labute approximate surface area is 118 Å². The Hall–Kier alpha value is -1.20. The lowest BCUT2D eigenvalue weighted by molar-refractivity contribution is 0.498. The Morgan fingerprint density at radius 3 is 2.84 bits per heavy atom. The van der Waals surface area contributed by atoms with Gasteiger partial charge in [-0.05, 0) is 41.8 Å². The van der Waals surface area contributed by atoms with Crippen LogP contribution in [0.2, 0.25) is 0 Å². The Morgan fingerprint density at radius 1 is 1.37 bits per heavy atom. The van der Waals surface area contributed by atoms with Gasteiger partial charge in [-0.2, -0.15) is 16.4 Å². The van der Waals surface area contributed by atoms with Crippen LogP contribution < -0.4 is 5.32 Å². The van der Waals surface area contributed by atoms with Gasteiger partial charge in [0.1, 0.15) is 12.2 Å². The monoisotopic (exact) mass is 278 g/mol. The molecule has 1 unspecified atom stereocenters. The van der Waals surface area contributed by atoms with Crippen LogP contribution in [0, 0.1) is 6.92 Å². The van der Waals surface area contributed by atoms with E-state index in [9.17, 15) is 0 Å². The molecule has 4 nitrogen and oxygen atoms in total. The summed E-state index contributed by atoms with van der Waals surface area (Å²) >= 11 is 1.76. The molecule has 0 aliphatic heterocycles. The van der Waals surface area contributed by atoms with Gasteiger partial charge in [-0.1, -0.05) is 13.8 Å². The number of nitrogens with one attached hydrogen (secondary N) is 1. The van der Waals surface area contributed by atoms with Gasteiger partial charge in [-0.25, -0.2) is 4.98 Å². The molecule has 104 valence electrons. The van der Waals surface area contributed by atoms with E-state index >= 15 is 0 Å². The molecule has 0 aromatic carbocycles. The fourth-order valence-corrected chi connectivity index (χ4v) is 3.20. The van der Waals surface area contributed by atoms with Crippen molar-refractivity contribution in [3.8, 4) is 0 Å². The molecule has 1 N–H and O–H groups in total. The zero-order chi connectivity index (χ0) is 13.7. The van der Waals surface area contributed by atoms with E-state index in [1.54, 1.807) is 17.7 Å². The maximum atomic E-state index is 4.41. The zero-order valence-corrected chi connectivity index (χ0v) is 12.7. The summed E-state index contributed by atoms with van der Waals surface area (Å²) in [7, 11) is 0. The molecular formula is C14H22N4S. The fourth-order valence-electron chi connectivity index (χ4n) is 2.29. The average molecular weight is 278 g/mol. The van der Waals surface area contributed by atoms with E-state index in [0.717, 1.165) is 31.8 Å². The first-order valence-corrected chi connectivity index (χ1v) is 7.83. The second kappa shape index (κ2) is 6.82. The highest BCUT2D eigenvalue weighted by atomic mass is 32.1. The third-order valence-electron chi connectivity index (χ3n) is 3.24. The average Bonchev–Trinajstić information content (AvgIpc) is 2.99. The van der Waals surface area contributed by atoms with Gasteiger partial charge in [0.2, 0.25) is 0 Å². The van der Waals surface area contributed by atoms with E-state index in [-0.39, 0.29) is 0 Å². The number of thiophene rings is 1. The van der Waals surface area contributed by atoms with Crippen LogP contribution in [0.4, 0.5) is 0 Å². The van der Waals surface area contributed by atoms with E-state index < -0.39 is 0 Å². The third kappa shape index (κ3) is 3.42. The molecule has 2 aromatic rings. The molecule has 0 fully saturated rings. The van der Waals surface area contributed by atoms with Crippen LogP contribution in [0.5, 0.6) is 0 Å². The minimum absolute atomic E-state index is 0.330. The second-order valence-electron chi connectivity index (χ2n) is 4.72. The number of aryl methyl sites for hydroxylation is 2. The molecule has 1 atom stereocenters. The number of likely N-dealkylation sites (N-methyl/N-ethyl adjacent to an activating group) is 1. The molecule has 0 aliphatic carbocycles. The normalized spacial score (nSPS) is 12.8. The molecule has 0 radical (unpaired) electrons. The lowest BCUT2D eigenvalue weighted by atomic mass is 10.0. The summed E-state index contributed by atoms with van der Waals surface area (Å²) in [4.78, 5) is 4.41. The second-order valence-corrected chi connectivity index (χ2v) is 5.47. The van der Waals surface area contributed by atoms with Crippen molar-refractivity contribution in [2.45, 2.75) is 46.2 Å². The van der Waals surface area contributed by atoms with Crippen LogP contribution in [-0.2, 0) is 13.0 Å². The van der Waals surface area contributed by atoms with E-state index in [1.165, 1.54) is 11.1 Å². The SMILES string of the molecule is CCCn1ncnc1CC(NCC)c1cscc1C. The lowest BCUT2D eigenvalue weighted by Crippen LogP contribution is -2.24. The Balaban J connectivity index is 2.17. The molecular weight excluding hydrogens is 256 g/mol. The Kier molecular flexibility index (Phi) is 5.10. The maximum Gasteiger partial charge on any atom is 0.138 e. The quantitative estimate of drug-likeness (QED) is 0.846. The first kappa shape index (κ1) is 14.2. The maximum absolute atomic E-state index is 4.41. The van der Waals surface area contributed by atoms with Gasteiger partial charge in [-0.3, -0.25) is 4.68 Å². The van der Waals surface area contributed by atoms with E-state index in [4.69, 9.17) is 0 Å². The van der Waals surface area contributed by atoms with Crippen molar-refractivity contribution < 1.29 is 0 Å². The van der Waals surface area contributed by atoms with Gasteiger partial charge < -0.3 is 5.32 Å². The van der Waals surface area contributed by atoms with Crippen molar-refractivity contribution in [1.29, 1.82) is 0 Å². The smallest absolute Gasteiger partial charge is 0.138 e. The fraction of sp³-hybridized carbons (Fsp3) is 0.571. The van der Waals surface area contributed by atoms with Gasteiger partial charge in [0.25, 0.3) is 0 Å². The van der Waals surface area contributed by atoms with Gasteiger partial charge >= 0.3 is 0 Å². The largest absolute Gasteiger partial charge is 0.310 e. The number of nitrogens with zero attached hydrogens (tertiary/aromatic N) is 3. The molecule has 0 saturated carbocycles. The van der Waals surface area contributed by atoms with Gasteiger partial charge in [0.15, 0.2) is 0 Å². The summed E-state index contributed by atoms with van der Waals surface area (Å²) in [6.45, 7) is 8.38. The molecule has 2 rings (SSSR count). The van der Waals surface area contributed by atoms with E-state index in [0.29, 0.717) is 6.04 Å². The van der Waals surface area contributed by atoms with Crippen LogP contribution in [-0.4, -0.2) is 21.3 Å². The highest BCUT2D eigenvalue weighted by molar-refractivity contribution is 7.08. The van der Waals surface area contributed by atoms with Crippen LogP contribution in [0.15, 0.2) is 17.1 Å². The number of aromatic nitrogens is 3. The minimum atomic E-state index is 0.330. The molecule has 0 spiro atoms. The van der Waals surface area contributed by atoms with E-state index in [2.05, 4.69) is 46.9 Å². The standard InChI is InChI=1S/C14H22N4S/c1-4-6-18-14(16-10-17-18)7-13(15-5-2)12-9-19-8-11(12)3/h8-10,13,15H,4-7H2,1-3H3. The summed E-state index contributed by atoms with van der Waals surface area (Å²) in [6, 6.07) is 0.330. The van der Waals surface area contributed by atoms with Crippen molar-refractivity contribution in [2.24, 2.45) is 0 Å². The number of hydrogen-bond donors (Lipinski definition) is 1. The summed E-state index contributed by atoms with van der Waals surface area (Å²) in [5.74, 6) is 1.07. The van der Waals surface area contributed by atoms with Crippen molar-refractivity contribution in [3.05, 3.63) is 34.0 Å². The van der Waals surface area contributed by atoms with Gasteiger partial charge in [0, 0.05) is 19.0 Å². The highest BCUT2D eigenvalue weighted by Gasteiger charge is 2.17. The molecule has 0 aliphatic rings. The summed E-state index contributed by atoms with van der Waals surface area (Å²) in [5.41, 5.74) is 2.75. The predicted octanol–water partition coefficient (Wildman–Crippen LogP) is 2.95. The minimum Gasteiger partial charge on any atom is -0.310 e. The van der Waals surface area contributed by atoms with Crippen LogP contribution >= 0.6 is 11.3 Å². The first-order valence-electron chi connectivity index (χ1n) is 6.89. The van der Waals surface area contributed by atoms with Crippen molar-refractivity contribution >= 4 is 11.3 Å². The topological polar surface area (TPSA) is 42.7 Å². The molecule has 5 heteroatoms. The number of rotatable bonds is 7. The Morgan fingerprint density at radius 2 is 2.21 bits per heavy atom. The molecule has 0 amide bonds. The van der Waals surface area contributed by atoms with Crippen LogP contribution in [0.25, 0.3) is 0 Å². The Bertz CT molecular complexity index is 503.